The van der Waals surface area contributed by atoms with E-state index in [2.05, 4.69) is 0 Å². The Morgan fingerprint density at radius 3 is 2.10 bits per heavy atom. The van der Waals surface area contributed by atoms with Crippen LogP contribution in [0.5, 0.6) is 0 Å². The first kappa shape index (κ1) is 15.9. The van der Waals surface area contributed by atoms with E-state index in [0.717, 1.165) is 11.8 Å². The minimum atomic E-state index is -0.655. The molecule has 1 fully saturated rings. The van der Waals surface area contributed by atoms with Crippen molar-refractivity contribution in [3.05, 3.63) is 35.9 Å². The van der Waals surface area contributed by atoms with Gasteiger partial charge in [0.1, 0.15) is 5.78 Å². The second kappa shape index (κ2) is 5.70. The van der Waals surface area contributed by atoms with Gasteiger partial charge in [-0.25, -0.2) is 0 Å². The van der Waals surface area contributed by atoms with Crippen molar-refractivity contribution in [1.29, 1.82) is 0 Å². The number of nitrogens with zero attached hydrogens (tertiary/aromatic N) is 1. The van der Waals surface area contributed by atoms with Gasteiger partial charge in [-0.15, -0.1) is 0 Å². The van der Waals surface area contributed by atoms with Gasteiger partial charge in [-0.3, -0.25) is 14.4 Å². The first-order chi connectivity index (χ1) is 9.76. The van der Waals surface area contributed by atoms with Gasteiger partial charge in [0.25, 0.3) is 0 Å². The van der Waals surface area contributed by atoms with Crippen molar-refractivity contribution in [2.24, 2.45) is 0 Å². The fourth-order valence-electron chi connectivity index (χ4n) is 3.20. The number of hydrogen-bond donors (Lipinski definition) is 0. The van der Waals surface area contributed by atoms with Crippen LogP contribution in [0.25, 0.3) is 0 Å². The van der Waals surface area contributed by atoms with Crippen LogP contribution in [0.15, 0.2) is 30.3 Å². The zero-order chi connectivity index (χ0) is 15.7. The molecule has 114 valence electrons. The Hall–Kier alpha value is -1.52. The summed E-state index contributed by atoms with van der Waals surface area (Å²) < 4.78 is 0. The van der Waals surface area contributed by atoms with Gasteiger partial charge in [0.05, 0.1) is 0 Å². The molecule has 21 heavy (non-hydrogen) atoms. The van der Waals surface area contributed by atoms with Crippen LogP contribution in [0.3, 0.4) is 0 Å². The predicted molar refractivity (Wildman–Crippen MR) is 80.6 cm³/mol. The maximum absolute atomic E-state index is 11.9. The van der Waals surface area contributed by atoms with Crippen LogP contribution in [0.4, 0.5) is 0 Å². The SMILES string of the molecule is CC1(C)CC(=O)CC(C)(C)N1OC(C=O)c1ccccc1. The lowest BCUT2D eigenvalue weighted by Crippen LogP contribution is -2.60. The molecule has 0 amide bonds. The Morgan fingerprint density at radius 1 is 1.10 bits per heavy atom. The summed E-state index contributed by atoms with van der Waals surface area (Å²) in [6, 6.07) is 9.40. The molecule has 1 aliphatic rings. The van der Waals surface area contributed by atoms with E-state index in [1.807, 2.05) is 63.1 Å². The maximum atomic E-state index is 11.9. The van der Waals surface area contributed by atoms with Crippen molar-refractivity contribution >= 4 is 12.1 Å². The standard InChI is InChI=1S/C17H23NO3/c1-16(2)10-14(20)11-17(3,4)18(16)21-15(12-19)13-8-6-5-7-9-13/h5-9,12,15H,10-11H2,1-4H3. The summed E-state index contributed by atoms with van der Waals surface area (Å²) in [5, 5.41) is 1.83. The highest BCUT2D eigenvalue weighted by Crippen LogP contribution is 2.38. The van der Waals surface area contributed by atoms with E-state index in [-0.39, 0.29) is 5.78 Å². The van der Waals surface area contributed by atoms with E-state index in [1.54, 1.807) is 0 Å². The van der Waals surface area contributed by atoms with Crippen molar-refractivity contribution in [3.8, 4) is 0 Å². The molecule has 0 saturated carbocycles. The van der Waals surface area contributed by atoms with Crippen LogP contribution in [-0.4, -0.2) is 28.2 Å². The molecule has 0 radical (unpaired) electrons. The molecule has 1 saturated heterocycles. The average Bonchev–Trinajstić information content (AvgIpc) is 2.37. The zero-order valence-corrected chi connectivity index (χ0v) is 13.1. The molecule has 0 N–H and O–H groups in total. The molecule has 0 bridgehead atoms. The molecule has 4 nitrogen and oxygen atoms in total. The molecule has 0 aromatic heterocycles. The van der Waals surface area contributed by atoms with Crippen LogP contribution in [0, 0.1) is 0 Å². The summed E-state index contributed by atoms with van der Waals surface area (Å²) in [4.78, 5) is 29.4. The quantitative estimate of drug-likeness (QED) is 0.799. The first-order valence-corrected chi connectivity index (χ1v) is 7.25. The lowest BCUT2D eigenvalue weighted by atomic mass is 9.81. The third-order valence-corrected chi connectivity index (χ3v) is 3.83. The number of Topliss-reactive ketones (excluding diaryl/α,β-unsaturated/α-hetero) is 1. The number of carbonyl (C=O) groups excluding carboxylic acids is 2. The van der Waals surface area contributed by atoms with Crippen molar-refractivity contribution < 1.29 is 14.4 Å². The fraction of sp³-hybridized carbons (Fsp3) is 0.529. The highest BCUT2D eigenvalue weighted by atomic mass is 16.7. The van der Waals surface area contributed by atoms with E-state index in [9.17, 15) is 9.59 Å². The number of carbonyl (C=O) groups is 2. The first-order valence-electron chi connectivity index (χ1n) is 7.25. The molecule has 0 spiro atoms. The largest absolute Gasteiger partial charge is 0.300 e. The average molecular weight is 289 g/mol. The van der Waals surface area contributed by atoms with Crippen molar-refractivity contribution in [2.75, 3.05) is 0 Å². The van der Waals surface area contributed by atoms with E-state index in [4.69, 9.17) is 4.84 Å². The Kier molecular flexibility index (Phi) is 4.30. The smallest absolute Gasteiger partial charge is 0.159 e. The van der Waals surface area contributed by atoms with E-state index < -0.39 is 17.2 Å². The normalized spacial score (nSPS) is 22.8. The maximum Gasteiger partial charge on any atom is 0.159 e. The molecule has 4 heteroatoms. The number of ketones is 1. The molecule has 2 rings (SSSR count). The van der Waals surface area contributed by atoms with Gasteiger partial charge in [-0.2, -0.15) is 5.06 Å². The molecule has 1 aliphatic heterocycles. The predicted octanol–water partition coefficient (Wildman–Crippen LogP) is 3.08. The molecule has 1 unspecified atom stereocenters. The number of hydrogen-bond acceptors (Lipinski definition) is 4. The monoisotopic (exact) mass is 289 g/mol. The van der Waals surface area contributed by atoms with Crippen LogP contribution in [0.1, 0.15) is 52.2 Å². The molecule has 0 aliphatic carbocycles. The third kappa shape index (κ3) is 3.39. The summed E-state index contributed by atoms with van der Waals surface area (Å²) in [6.07, 6.45) is 1.00. The second-order valence-electron chi connectivity index (χ2n) is 6.88. The zero-order valence-electron chi connectivity index (χ0n) is 13.1. The summed E-state index contributed by atoms with van der Waals surface area (Å²) in [5.41, 5.74) is -0.0555. The molecular formula is C17H23NO3. The Balaban J connectivity index is 2.26. The van der Waals surface area contributed by atoms with E-state index >= 15 is 0 Å². The van der Waals surface area contributed by atoms with Gasteiger partial charge in [0.2, 0.25) is 0 Å². The Labute approximate surface area is 126 Å². The van der Waals surface area contributed by atoms with Crippen LogP contribution < -0.4 is 0 Å². The second-order valence-corrected chi connectivity index (χ2v) is 6.88. The Bertz CT molecular complexity index is 502. The lowest BCUT2D eigenvalue weighted by molar-refractivity contribution is -0.292. The van der Waals surface area contributed by atoms with Gasteiger partial charge in [0, 0.05) is 23.9 Å². The Morgan fingerprint density at radius 2 is 1.62 bits per heavy atom. The van der Waals surface area contributed by atoms with Crippen molar-refractivity contribution in [3.63, 3.8) is 0 Å². The molecular weight excluding hydrogens is 266 g/mol. The molecule has 1 aromatic carbocycles. The van der Waals surface area contributed by atoms with Crippen molar-refractivity contribution in [2.45, 2.75) is 57.7 Å². The van der Waals surface area contributed by atoms with Gasteiger partial charge >= 0.3 is 0 Å². The highest BCUT2D eigenvalue weighted by Gasteiger charge is 2.47. The van der Waals surface area contributed by atoms with E-state index in [0.29, 0.717) is 12.8 Å². The number of piperidine rings is 1. The topological polar surface area (TPSA) is 46.6 Å². The minimum Gasteiger partial charge on any atom is -0.300 e. The number of hydroxylamine groups is 2. The van der Waals surface area contributed by atoms with Gasteiger partial charge < -0.3 is 0 Å². The van der Waals surface area contributed by atoms with Gasteiger partial charge in [-0.05, 0) is 33.3 Å². The molecule has 1 aromatic rings. The van der Waals surface area contributed by atoms with Crippen LogP contribution >= 0.6 is 0 Å². The van der Waals surface area contributed by atoms with Crippen molar-refractivity contribution in [1.82, 2.24) is 5.06 Å². The summed E-state index contributed by atoms with van der Waals surface area (Å²) >= 11 is 0. The number of rotatable bonds is 4. The molecule has 1 heterocycles. The number of aldehydes is 1. The van der Waals surface area contributed by atoms with Gasteiger partial charge in [0.15, 0.2) is 12.4 Å². The highest BCUT2D eigenvalue weighted by molar-refractivity contribution is 5.81. The van der Waals surface area contributed by atoms with Gasteiger partial charge in [-0.1, -0.05) is 30.3 Å². The molecule has 1 atom stereocenters. The van der Waals surface area contributed by atoms with Crippen LogP contribution in [0.2, 0.25) is 0 Å². The number of benzene rings is 1. The van der Waals surface area contributed by atoms with Crippen LogP contribution in [-0.2, 0) is 14.4 Å². The lowest BCUT2D eigenvalue weighted by Gasteiger charge is -2.51. The third-order valence-electron chi connectivity index (χ3n) is 3.83. The van der Waals surface area contributed by atoms with E-state index in [1.165, 1.54) is 0 Å². The summed E-state index contributed by atoms with van der Waals surface area (Å²) in [5.74, 6) is 0.229. The minimum absolute atomic E-state index is 0.229. The summed E-state index contributed by atoms with van der Waals surface area (Å²) in [7, 11) is 0. The fourth-order valence-corrected chi connectivity index (χ4v) is 3.20. The summed E-state index contributed by atoms with van der Waals surface area (Å²) in [6.45, 7) is 7.88.